The molecule has 1 aromatic heterocycles. The zero-order valence-electron chi connectivity index (χ0n) is 16.1. The summed E-state index contributed by atoms with van der Waals surface area (Å²) in [5.74, 6) is -0.431. The molecule has 152 valence electrons. The highest BCUT2D eigenvalue weighted by molar-refractivity contribution is 5.94. The average Bonchev–Trinajstić information content (AvgIpc) is 3.10. The van der Waals surface area contributed by atoms with Gasteiger partial charge in [-0.2, -0.15) is 0 Å². The normalized spacial score (nSPS) is 11.5. The Morgan fingerprint density at radius 3 is 2.59 bits per heavy atom. The Balaban J connectivity index is 1.54. The van der Waals surface area contributed by atoms with Gasteiger partial charge in [-0.05, 0) is 61.4 Å². The first-order valence-electron chi connectivity index (χ1n) is 9.38. The van der Waals surface area contributed by atoms with Gasteiger partial charge in [-0.3, -0.25) is 4.79 Å². The van der Waals surface area contributed by atoms with E-state index in [2.05, 4.69) is 25.9 Å². The van der Waals surface area contributed by atoms with Gasteiger partial charge in [0.15, 0.2) is 5.96 Å². The summed E-state index contributed by atoms with van der Waals surface area (Å²) < 4.78 is 26.4. The van der Waals surface area contributed by atoms with Gasteiger partial charge in [-0.25, -0.2) is 13.8 Å². The van der Waals surface area contributed by atoms with Crippen LogP contribution in [0.4, 0.5) is 14.5 Å². The van der Waals surface area contributed by atoms with Gasteiger partial charge >= 0.3 is 0 Å². The maximum Gasteiger partial charge on any atom is 0.246 e. The van der Waals surface area contributed by atoms with Crippen LogP contribution in [0.1, 0.15) is 12.5 Å². The van der Waals surface area contributed by atoms with E-state index in [1.165, 1.54) is 36.4 Å². The monoisotopic (exact) mass is 399 g/mol. The Labute approximate surface area is 167 Å². The average molecular weight is 399 g/mol. The molecular weight excluding hydrogens is 376 g/mol. The van der Waals surface area contributed by atoms with Crippen molar-refractivity contribution in [2.24, 2.45) is 4.99 Å². The summed E-state index contributed by atoms with van der Waals surface area (Å²) in [6.45, 7) is 3.06. The summed E-state index contributed by atoms with van der Waals surface area (Å²) >= 11 is 0. The number of carbonyl (C=O) groups is 1. The molecule has 0 saturated heterocycles. The van der Waals surface area contributed by atoms with Gasteiger partial charge in [0.1, 0.15) is 18.2 Å². The highest BCUT2D eigenvalue weighted by Crippen LogP contribution is 2.19. The van der Waals surface area contributed by atoms with Crippen molar-refractivity contribution in [1.82, 2.24) is 15.6 Å². The number of carbonyl (C=O) groups excluding carboxylic acids is 1. The summed E-state index contributed by atoms with van der Waals surface area (Å²) in [4.78, 5) is 19.4. The van der Waals surface area contributed by atoms with Gasteiger partial charge in [0.25, 0.3) is 0 Å². The molecule has 2 aromatic carbocycles. The van der Waals surface area contributed by atoms with E-state index < -0.39 is 0 Å². The molecule has 8 heteroatoms. The fourth-order valence-electron chi connectivity index (χ4n) is 2.90. The maximum absolute atomic E-state index is 13.5. The van der Waals surface area contributed by atoms with E-state index in [1.54, 1.807) is 6.07 Å². The summed E-state index contributed by atoms with van der Waals surface area (Å²) in [6, 6.07) is 10.2. The van der Waals surface area contributed by atoms with Crippen molar-refractivity contribution >= 4 is 28.5 Å². The lowest BCUT2D eigenvalue weighted by molar-refractivity contribution is -0.114. The molecule has 0 aliphatic rings. The van der Waals surface area contributed by atoms with Crippen LogP contribution < -0.4 is 16.0 Å². The van der Waals surface area contributed by atoms with Crippen LogP contribution in [0.5, 0.6) is 0 Å². The number of fused-ring (bicyclic) bond motifs is 1. The van der Waals surface area contributed by atoms with Gasteiger partial charge in [0, 0.05) is 35.9 Å². The molecule has 1 heterocycles. The number of aromatic nitrogens is 1. The number of halogens is 2. The topological polar surface area (TPSA) is 81.3 Å². The zero-order valence-corrected chi connectivity index (χ0v) is 16.1. The molecule has 0 spiro atoms. The first-order valence-corrected chi connectivity index (χ1v) is 9.38. The quantitative estimate of drug-likeness (QED) is 0.364. The van der Waals surface area contributed by atoms with Crippen molar-refractivity contribution in [2.75, 3.05) is 25.0 Å². The predicted molar refractivity (Wildman–Crippen MR) is 111 cm³/mol. The van der Waals surface area contributed by atoms with Crippen LogP contribution >= 0.6 is 0 Å². The Morgan fingerprint density at radius 2 is 1.83 bits per heavy atom. The van der Waals surface area contributed by atoms with Crippen molar-refractivity contribution in [1.29, 1.82) is 0 Å². The van der Waals surface area contributed by atoms with E-state index in [1.807, 2.05) is 13.1 Å². The molecule has 0 aliphatic carbocycles. The predicted octanol–water partition coefficient (Wildman–Crippen LogP) is 3.18. The second kappa shape index (κ2) is 9.68. The molecule has 0 atom stereocenters. The van der Waals surface area contributed by atoms with Gasteiger partial charge in [-0.15, -0.1) is 0 Å². The third-order valence-corrected chi connectivity index (χ3v) is 4.27. The number of benzene rings is 2. The molecule has 3 rings (SSSR count). The van der Waals surface area contributed by atoms with E-state index in [0.29, 0.717) is 31.2 Å². The highest BCUT2D eigenvalue weighted by Gasteiger charge is 2.06. The Kier molecular flexibility index (Phi) is 6.78. The number of anilines is 1. The maximum atomic E-state index is 13.5. The molecule has 0 aliphatic heterocycles. The van der Waals surface area contributed by atoms with E-state index in [-0.39, 0.29) is 24.1 Å². The Bertz CT molecular complexity index is 998. The number of nitrogens with zero attached hydrogens (tertiary/aromatic N) is 1. The number of aromatic amines is 1. The molecule has 0 saturated carbocycles. The standard InChI is InChI=1S/C21H23F2N5O/c1-2-24-21(27-13-20(29)28-17-6-3-15(22)4-7-17)25-10-9-14-12-26-19-8-5-16(23)11-18(14)19/h3-8,11-12,26H,2,9-10,13H2,1H3,(H,28,29)(H2,24,25,27). The number of guanidine groups is 1. The minimum Gasteiger partial charge on any atom is -0.361 e. The number of amides is 1. The summed E-state index contributed by atoms with van der Waals surface area (Å²) in [7, 11) is 0. The third-order valence-electron chi connectivity index (χ3n) is 4.27. The van der Waals surface area contributed by atoms with Gasteiger partial charge < -0.3 is 20.9 Å². The molecule has 6 nitrogen and oxygen atoms in total. The van der Waals surface area contributed by atoms with Crippen molar-refractivity contribution in [3.05, 3.63) is 65.9 Å². The molecule has 1 amide bonds. The zero-order chi connectivity index (χ0) is 20.6. The Morgan fingerprint density at radius 1 is 1.07 bits per heavy atom. The largest absolute Gasteiger partial charge is 0.361 e. The molecule has 4 N–H and O–H groups in total. The van der Waals surface area contributed by atoms with Crippen molar-refractivity contribution in [3.8, 4) is 0 Å². The summed E-state index contributed by atoms with van der Waals surface area (Å²) in [5.41, 5.74) is 2.40. The highest BCUT2D eigenvalue weighted by atomic mass is 19.1. The number of aliphatic imine (C=N–C) groups is 1. The number of hydrogen-bond donors (Lipinski definition) is 4. The van der Waals surface area contributed by atoms with Crippen LogP contribution in [0.3, 0.4) is 0 Å². The first-order chi connectivity index (χ1) is 14.0. The fraction of sp³-hybridized carbons (Fsp3) is 0.238. The second-order valence-corrected chi connectivity index (χ2v) is 6.43. The number of H-pyrrole nitrogens is 1. The van der Waals surface area contributed by atoms with E-state index in [0.717, 1.165) is 16.5 Å². The molecular formula is C21H23F2N5O. The fourth-order valence-corrected chi connectivity index (χ4v) is 2.90. The number of nitrogens with one attached hydrogen (secondary N) is 4. The van der Waals surface area contributed by atoms with E-state index in [4.69, 9.17) is 0 Å². The van der Waals surface area contributed by atoms with E-state index in [9.17, 15) is 13.6 Å². The lowest BCUT2D eigenvalue weighted by atomic mass is 10.1. The lowest BCUT2D eigenvalue weighted by Crippen LogP contribution is -2.39. The van der Waals surface area contributed by atoms with Crippen LogP contribution in [0.15, 0.2) is 53.7 Å². The molecule has 0 bridgehead atoms. The van der Waals surface area contributed by atoms with Crippen LogP contribution in [-0.4, -0.2) is 36.5 Å². The van der Waals surface area contributed by atoms with Crippen LogP contribution in [-0.2, 0) is 11.2 Å². The SMILES string of the molecule is CCNC(=NCC(=O)Nc1ccc(F)cc1)NCCc1c[nH]c2ccc(F)cc12. The van der Waals surface area contributed by atoms with Gasteiger partial charge in [-0.1, -0.05) is 0 Å². The lowest BCUT2D eigenvalue weighted by Gasteiger charge is -2.11. The molecule has 29 heavy (non-hydrogen) atoms. The molecule has 0 unspecified atom stereocenters. The second-order valence-electron chi connectivity index (χ2n) is 6.43. The molecule has 3 aromatic rings. The van der Waals surface area contributed by atoms with Crippen molar-refractivity contribution in [3.63, 3.8) is 0 Å². The van der Waals surface area contributed by atoms with Gasteiger partial charge in [0.2, 0.25) is 5.91 Å². The first kappa shape index (κ1) is 20.3. The Hall–Kier alpha value is -3.42. The van der Waals surface area contributed by atoms with Gasteiger partial charge in [0.05, 0.1) is 0 Å². The summed E-state index contributed by atoms with van der Waals surface area (Å²) in [6.07, 6.45) is 2.53. The smallest absolute Gasteiger partial charge is 0.246 e. The van der Waals surface area contributed by atoms with Crippen LogP contribution in [0.2, 0.25) is 0 Å². The number of hydrogen-bond acceptors (Lipinski definition) is 2. The van der Waals surface area contributed by atoms with Crippen LogP contribution in [0.25, 0.3) is 10.9 Å². The third kappa shape index (κ3) is 5.78. The molecule has 0 radical (unpaired) electrons. The minimum atomic E-state index is -0.363. The van der Waals surface area contributed by atoms with Crippen molar-refractivity contribution in [2.45, 2.75) is 13.3 Å². The minimum absolute atomic E-state index is 0.0784. The van der Waals surface area contributed by atoms with Crippen molar-refractivity contribution < 1.29 is 13.6 Å². The summed E-state index contributed by atoms with van der Waals surface area (Å²) in [5, 5.41) is 9.76. The van der Waals surface area contributed by atoms with Crippen LogP contribution in [0, 0.1) is 11.6 Å². The van der Waals surface area contributed by atoms with E-state index >= 15 is 0 Å². The number of rotatable bonds is 7. The molecule has 0 fully saturated rings.